The highest BCUT2D eigenvalue weighted by molar-refractivity contribution is 7.89. The third-order valence-corrected chi connectivity index (χ3v) is 7.42. The Morgan fingerprint density at radius 3 is 2.44 bits per heavy atom. The lowest BCUT2D eigenvalue weighted by atomic mass is 10.0. The van der Waals surface area contributed by atoms with Crippen LogP contribution in [0.1, 0.15) is 44.7 Å². The molecule has 0 aromatic heterocycles. The Balaban J connectivity index is 1.95. The number of nitrogens with zero attached hydrogens (tertiary/aromatic N) is 1. The van der Waals surface area contributed by atoms with Gasteiger partial charge in [0.05, 0.1) is 18.2 Å². The summed E-state index contributed by atoms with van der Waals surface area (Å²) in [5.41, 5.74) is 2.11. The highest BCUT2D eigenvalue weighted by Gasteiger charge is 2.29. The van der Waals surface area contributed by atoms with Gasteiger partial charge in [0.1, 0.15) is 4.90 Å². The van der Waals surface area contributed by atoms with Crippen LogP contribution in [0.2, 0.25) is 5.02 Å². The summed E-state index contributed by atoms with van der Waals surface area (Å²) in [4.78, 5) is 11.8. The van der Waals surface area contributed by atoms with Crippen LogP contribution in [-0.2, 0) is 27.8 Å². The number of amides is 1. The van der Waals surface area contributed by atoms with E-state index < -0.39 is 10.0 Å². The number of benzene rings is 2. The zero-order valence-electron chi connectivity index (χ0n) is 18.6. The first-order chi connectivity index (χ1) is 15.3. The van der Waals surface area contributed by atoms with Crippen molar-refractivity contribution < 1.29 is 22.7 Å². The zero-order valence-corrected chi connectivity index (χ0v) is 20.2. The average Bonchev–Trinajstić information content (AvgIpc) is 2.75. The molecule has 2 aromatic carbocycles. The molecule has 32 heavy (non-hydrogen) atoms. The second kappa shape index (κ2) is 10.6. The Kier molecular flexibility index (Phi) is 8.03. The fourth-order valence-corrected chi connectivity index (χ4v) is 5.72. The number of anilines is 1. The van der Waals surface area contributed by atoms with Crippen molar-refractivity contribution >= 4 is 33.2 Å². The van der Waals surface area contributed by atoms with Gasteiger partial charge in [0.15, 0.2) is 11.5 Å². The largest absolute Gasteiger partial charge is 0.490 e. The first-order valence-electron chi connectivity index (χ1n) is 10.8. The van der Waals surface area contributed by atoms with E-state index in [0.29, 0.717) is 56.2 Å². The second-order valence-corrected chi connectivity index (χ2v) is 9.79. The summed E-state index contributed by atoms with van der Waals surface area (Å²) in [7, 11) is -3.91. The molecule has 0 fully saturated rings. The van der Waals surface area contributed by atoms with Crippen LogP contribution in [0.25, 0.3) is 0 Å². The quantitative estimate of drug-likeness (QED) is 0.536. The zero-order chi connectivity index (χ0) is 23.3. The molecule has 0 radical (unpaired) electrons. The molecule has 0 saturated heterocycles. The van der Waals surface area contributed by atoms with Crippen LogP contribution >= 0.6 is 11.6 Å². The van der Waals surface area contributed by atoms with Gasteiger partial charge in [-0.05, 0) is 62.1 Å². The molecular formula is C23H29ClN2O5S. The Morgan fingerprint density at radius 1 is 1.03 bits per heavy atom. The molecule has 2 aromatic rings. The lowest BCUT2D eigenvalue weighted by Crippen LogP contribution is -2.32. The molecule has 7 nitrogen and oxygen atoms in total. The van der Waals surface area contributed by atoms with Crippen LogP contribution in [0, 0.1) is 0 Å². The average molecular weight is 481 g/mol. The van der Waals surface area contributed by atoms with Gasteiger partial charge in [-0.2, -0.15) is 4.31 Å². The number of hydrogen-bond acceptors (Lipinski definition) is 5. The number of carbonyl (C=O) groups is 1. The number of rotatable bonds is 10. The van der Waals surface area contributed by atoms with Gasteiger partial charge < -0.3 is 14.8 Å². The van der Waals surface area contributed by atoms with Gasteiger partial charge in [0.2, 0.25) is 15.9 Å². The molecular weight excluding hydrogens is 452 g/mol. The van der Waals surface area contributed by atoms with Crippen LogP contribution in [0.15, 0.2) is 35.2 Å². The topological polar surface area (TPSA) is 84.9 Å². The number of fused-ring (bicyclic) bond motifs is 1. The molecule has 3 rings (SSSR count). The SMILES string of the molecule is CCCN(Cc1ccc(OCC)c(OCC)c1)S(=O)(=O)c1cc2c(cc1Cl)CCC(=O)N2. The van der Waals surface area contributed by atoms with Crippen molar-refractivity contribution in [3.63, 3.8) is 0 Å². The monoisotopic (exact) mass is 480 g/mol. The summed E-state index contributed by atoms with van der Waals surface area (Å²) < 4.78 is 39.8. The molecule has 0 atom stereocenters. The first kappa shape index (κ1) is 24.4. The number of carbonyl (C=O) groups excluding carboxylic acids is 1. The Morgan fingerprint density at radius 2 is 1.75 bits per heavy atom. The van der Waals surface area contributed by atoms with Crippen molar-refractivity contribution in [2.45, 2.75) is 51.5 Å². The van der Waals surface area contributed by atoms with Crippen molar-refractivity contribution in [2.24, 2.45) is 0 Å². The number of sulfonamides is 1. The van der Waals surface area contributed by atoms with Gasteiger partial charge in [0.25, 0.3) is 0 Å². The van der Waals surface area contributed by atoms with Crippen molar-refractivity contribution in [1.82, 2.24) is 4.31 Å². The summed E-state index contributed by atoms with van der Waals surface area (Å²) in [5, 5.41) is 2.90. The molecule has 1 amide bonds. The summed E-state index contributed by atoms with van der Waals surface area (Å²) in [5.74, 6) is 1.07. The number of hydrogen-bond donors (Lipinski definition) is 1. The Labute approximate surface area is 194 Å². The molecule has 0 unspecified atom stereocenters. The summed E-state index contributed by atoms with van der Waals surface area (Å²) in [6.07, 6.45) is 1.53. The van der Waals surface area contributed by atoms with E-state index in [4.69, 9.17) is 21.1 Å². The van der Waals surface area contributed by atoms with E-state index in [0.717, 1.165) is 11.1 Å². The second-order valence-electron chi connectivity index (χ2n) is 7.47. The third-order valence-electron chi connectivity index (χ3n) is 5.11. The Bertz CT molecular complexity index is 1090. The summed E-state index contributed by atoms with van der Waals surface area (Å²) in [6.45, 7) is 7.14. The van der Waals surface area contributed by atoms with Crippen LogP contribution in [0.3, 0.4) is 0 Å². The fraction of sp³-hybridized carbons (Fsp3) is 0.435. The predicted octanol–water partition coefficient (Wildman–Crippen LogP) is 4.62. The van der Waals surface area contributed by atoms with Crippen molar-refractivity contribution in [1.29, 1.82) is 0 Å². The summed E-state index contributed by atoms with van der Waals surface area (Å²) in [6, 6.07) is 8.54. The molecule has 0 saturated carbocycles. The first-order valence-corrected chi connectivity index (χ1v) is 12.6. The minimum Gasteiger partial charge on any atom is -0.490 e. The molecule has 1 aliphatic heterocycles. The van der Waals surface area contributed by atoms with Crippen molar-refractivity contribution in [2.75, 3.05) is 25.1 Å². The highest BCUT2D eigenvalue weighted by Crippen LogP contribution is 2.35. The normalized spacial score (nSPS) is 13.6. The minimum atomic E-state index is -3.91. The van der Waals surface area contributed by atoms with Gasteiger partial charge in [-0.15, -0.1) is 0 Å². The molecule has 0 aliphatic carbocycles. The molecule has 174 valence electrons. The van der Waals surface area contributed by atoms with Gasteiger partial charge in [0, 0.05) is 25.2 Å². The van der Waals surface area contributed by atoms with Gasteiger partial charge in [-0.25, -0.2) is 8.42 Å². The smallest absolute Gasteiger partial charge is 0.244 e. The molecule has 9 heteroatoms. The maximum absolute atomic E-state index is 13.6. The minimum absolute atomic E-state index is 0.00969. The van der Waals surface area contributed by atoms with E-state index in [1.54, 1.807) is 18.2 Å². The van der Waals surface area contributed by atoms with E-state index in [1.165, 1.54) is 10.4 Å². The van der Waals surface area contributed by atoms with Crippen LogP contribution in [0.4, 0.5) is 5.69 Å². The maximum Gasteiger partial charge on any atom is 0.244 e. The maximum atomic E-state index is 13.6. The van der Waals surface area contributed by atoms with Gasteiger partial charge in [-0.1, -0.05) is 24.6 Å². The van der Waals surface area contributed by atoms with E-state index in [1.807, 2.05) is 26.8 Å². The van der Waals surface area contributed by atoms with E-state index in [9.17, 15) is 13.2 Å². The number of halogens is 1. The lowest BCUT2D eigenvalue weighted by molar-refractivity contribution is -0.116. The van der Waals surface area contributed by atoms with Gasteiger partial charge in [-0.3, -0.25) is 4.79 Å². The standard InChI is InChI=1S/C23H29ClN2O5S/c1-4-11-26(15-16-7-9-20(30-5-2)21(12-16)31-6-3)32(28,29)22-14-19-17(13-18(22)24)8-10-23(27)25-19/h7,9,12-14H,4-6,8,10-11,15H2,1-3H3,(H,25,27). The van der Waals surface area contributed by atoms with E-state index >= 15 is 0 Å². The van der Waals surface area contributed by atoms with Crippen LogP contribution in [0.5, 0.6) is 11.5 Å². The van der Waals surface area contributed by atoms with Crippen LogP contribution < -0.4 is 14.8 Å². The van der Waals surface area contributed by atoms with E-state index in [-0.39, 0.29) is 22.4 Å². The highest BCUT2D eigenvalue weighted by atomic mass is 35.5. The van der Waals surface area contributed by atoms with Gasteiger partial charge >= 0.3 is 0 Å². The molecule has 0 spiro atoms. The fourth-order valence-electron chi connectivity index (χ4n) is 3.65. The predicted molar refractivity (Wildman–Crippen MR) is 125 cm³/mol. The Hall–Kier alpha value is -2.29. The molecule has 0 bridgehead atoms. The van der Waals surface area contributed by atoms with Crippen molar-refractivity contribution in [3.8, 4) is 11.5 Å². The summed E-state index contributed by atoms with van der Waals surface area (Å²) >= 11 is 6.40. The van der Waals surface area contributed by atoms with Crippen LogP contribution in [-0.4, -0.2) is 38.4 Å². The molecule has 1 aliphatic rings. The van der Waals surface area contributed by atoms with E-state index in [2.05, 4.69) is 5.32 Å². The third kappa shape index (κ3) is 5.36. The molecule has 1 heterocycles. The lowest BCUT2D eigenvalue weighted by Gasteiger charge is -2.25. The molecule has 1 N–H and O–H groups in total. The van der Waals surface area contributed by atoms with Crippen molar-refractivity contribution in [3.05, 3.63) is 46.5 Å². The number of aryl methyl sites for hydroxylation is 1. The number of nitrogens with one attached hydrogen (secondary N) is 1. The number of ether oxygens (including phenoxy) is 2.